The molecule has 0 fully saturated rings. The predicted molar refractivity (Wildman–Crippen MR) is 50.5 cm³/mol. The normalized spacial score (nSPS) is 12.1. The minimum absolute atomic E-state index is 0.675. The summed E-state index contributed by atoms with van der Waals surface area (Å²) in [5, 5.41) is 0. The second-order valence-corrected chi connectivity index (χ2v) is 3.02. The summed E-state index contributed by atoms with van der Waals surface area (Å²) in [6.45, 7) is 1.49. The smallest absolute Gasteiger partial charge is 0.289 e. The SMILES string of the molecule is CC=CC(=O)c1cccc(F)c1C(F)(F)F. The molecule has 86 valence electrons. The molecule has 1 nitrogen and oxygen atoms in total. The molecular formula is C11H8F4O. The van der Waals surface area contributed by atoms with Crippen LogP contribution in [0.2, 0.25) is 0 Å². The van der Waals surface area contributed by atoms with Crippen molar-refractivity contribution in [3.05, 3.63) is 47.3 Å². The molecular weight excluding hydrogens is 224 g/mol. The molecule has 0 saturated heterocycles. The number of carbonyl (C=O) groups excluding carboxylic acids is 1. The van der Waals surface area contributed by atoms with Crippen LogP contribution in [0.5, 0.6) is 0 Å². The Bertz CT molecular complexity index is 432. The Labute approximate surface area is 89.4 Å². The molecule has 0 aliphatic rings. The number of hydrogen-bond donors (Lipinski definition) is 0. The van der Waals surface area contributed by atoms with E-state index >= 15 is 0 Å². The van der Waals surface area contributed by atoms with Gasteiger partial charge in [-0.1, -0.05) is 18.2 Å². The van der Waals surface area contributed by atoms with Gasteiger partial charge in [0.1, 0.15) is 11.4 Å². The molecule has 0 spiro atoms. The van der Waals surface area contributed by atoms with Crippen molar-refractivity contribution in [2.24, 2.45) is 0 Å². The second-order valence-electron chi connectivity index (χ2n) is 3.02. The van der Waals surface area contributed by atoms with Gasteiger partial charge in [-0.2, -0.15) is 13.2 Å². The van der Waals surface area contributed by atoms with E-state index in [1.54, 1.807) is 0 Å². The second kappa shape index (κ2) is 4.47. The van der Waals surface area contributed by atoms with Crippen LogP contribution < -0.4 is 0 Å². The minimum Gasteiger partial charge on any atom is -0.289 e. The molecule has 0 N–H and O–H groups in total. The fraction of sp³-hybridized carbons (Fsp3) is 0.182. The highest BCUT2D eigenvalue weighted by Gasteiger charge is 2.37. The zero-order valence-electron chi connectivity index (χ0n) is 8.31. The van der Waals surface area contributed by atoms with Crippen molar-refractivity contribution in [3.63, 3.8) is 0 Å². The maximum atomic E-state index is 13.1. The summed E-state index contributed by atoms with van der Waals surface area (Å²) < 4.78 is 50.5. The Morgan fingerprint density at radius 3 is 2.44 bits per heavy atom. The monoisotopic (exact) mass is 232 g/mol. The van der Waals surface area contributed by atoms with Gasteiger partial charge in [0.2, 0.25) is 0 Å². The topological polar surface area (TPSA) is 17.1 Å². The van der Waals surface area contributed by atoms with E-state index in [0.29, 0.717) is 6.07 Å². The van der Waals surface area contributed by atoms with Gasteiger partial charge in [0.15, 0.2) is 5.78 Å². The first-order valence-corrected chi connectivity index (χ1v) is 4.40. The average Bonchev–Trinajstić information content (AvgIpc) is 2.15. The summed E-state index contributed by atoms with van der Waals surface area (Å²) in [7, 11) is 0. The molecule has 0 amide bonds. The van der Waals surface area contributed by atoms with Gasteiger partial charge in [0, 0.05) is 5.56 Å². The molecule has 0 atom stereocenters. The predicted octanol–water partition coefficient (Wildman–Crippen LogP) is 3.60. The molecule has 1 rings (SSSR count). The molecule has 0 heterocycles. The van der Waals surface area contributed by atoms with Crippen LogP contribution >= 0.6 is 0 Å². The molecule has 0 aliphatic carbocycles. The quantitative estimate of drug-likeness (QED) is 0.432. The lowest BCUT2D eigenvalue weighted by molar-refractivity contribution is -0.140. The number of halogens is 4. The van der Waals surface area contributed by atoms with Gasteiger partial charge in [-0.25, -0.2) is 4.39 Å². The van der Waals surface area contributed by atoms with E-state index in [2.05, 4.69) is 0 Å². The van der Waals surface area contributed by atoms with Gasteiger partial charge in [-0.3, -0.25) is 4.79 Å². The molecule has 0 aromatic heterocycles. The van der Waals surface area contributed by atoms with E-state index in [1.165, 1.54) is 13.0 Å². The number of rotatable bonds is 2. The number of carbonyl (C=O) groups is 1. The Kier molecular flexibility index (Phi) is 3.47. The lowest BCUT2D eigenvalue weighted by atomic mass is 10.0. The van der Waals surface area contributed by atoms with Gasteiger partial charge in [0.25, 0.3) is 0 Å². The van der Waals surface area contributed by atoms with Crippen molar-refractivity contribution in [3.8, 4) is 0 Å². The molecule has 0 saturated carbocycles. The van der Waals surface area contributed by atoms with Crippen LogP contribution in [0.3, 0.4) is 0 Å². The molecule has 0 radical (unpaired) electrons. The van der Waals surface area contributed by atoms with Crippen LogP contribution in [-0.2, 0) is 6.18 Å². The highest BCUT2D eigenvalue weighted by Crippen LogP contribution is 2.34. The highest BCUT2D eigenvalue weighted by atomic mass is 19.4. The largest absolute Gasteiger partial charge is 0.419 e. The summed E-state index contributed by atoms with van der Waals surface area (Å²) >= 11 is 0. The van der Waals surface area contributed by atoms with Gasteiger partial charge in [-0.15, -0.1) is 0 Å². The van der Waals surface area contributed by atoms with Crippen molar-refractivity contribution in [1.29, 1.82) is 0 Å². The van der Waals surface area contributed by atoms with Crippen LogP contribution in [0.15, 0.2) is 30.4 Å². The van der Waals surface area contributed by atoms with E-state index in [1.807, 2.05) is 0 Å². The van der Waals surface area contributed by atoms with Crippen LogP contribution in [0.1, 0.15) is 22.8 Å². The number of alkyl halides is 3. The minimum atomic E-state index is -4.88. The maximum Gasteiger partial charge on any atom is 0.419 e. The van der Waals surface area contributed by atoms with Crippen LogP contribution in [0.25, 0.3) is 0 Å². The van der Waals surface area contributed by atoms with Gasteiger partial charge >= 0.3 is 6.18 Å². The summed E-state index contributed by atoms with van der Waals surface area (Å²) in [5.74, 6) is -2.31. The number of hydrogen-bond acceptors (Lipinski definition) is 1. The summed E-state index contributed by atoms with van der Waals surface area (Å²) in [6.07, 6.45) is -2.62. The van der Waals surface area contributed by atoms with E-state index in [-0.39, 0.29) is 0 Å². The Balaban J connectivity index is 3.40. The Morgan fingerprint density at radius 2 is 1.94 bits per heavy atom. The van der Waals surface area contributed by atoms with Crippen molar-refractivity contribution in [2.45, 2.75) is 13.1 Å². The fourth-order valence-electron chi connectivity index (χ4n) is 1.26. The fourth-order valence-corrected chi connectivity index (χ4v) is 1.26. The maximum absolute atomic E-state index is 13.1. The zero-order chi connectivity index (χ0) is 12.3. The molecule has 1 aromatic carbocycles. The van der Waals surface area contributed by atoms with E-state index in [0.717, 1.165) is 18.2 Å². The zero-order valence-corrected chi connectivity index (χ0v) is 8.31. The number of ketones is 1. The first-order valence-electron chi connectivity index (χ1n) is 4.40. The Morgan fingerprint density at radius 1 is 1.31 bits per heavy atom. The summed E-state index contributed by atoms with van der Waals surface area (Å²) in [4.78, 5) is 11.3. The average molecular weight is 232 g/mol. The summed E-state index contributed by atoms with van der Waals surface area (Å²) in [5.41, 5.74) is -2.19. The molecule has 0 unspecified atom stereocenters. The molecule has 0 bridgehead atoms. The van der Waals surface area contributed by atoms with Crippen molar-refractivity contribution in [1.82, 2.24) is 0 Å². The van der Waals surface area contributed by atoms with Crippen LogP contribution in [0, 0.1) is 5.82 Å². The molecule has 16 heavy (non-hydrogen) atoms. The third-order valence-corrected chi connectivity index (χ3v) is 1.88. The van der Waals surface area contributed by atoms with Crippen molar-refractivity contribution < 1.29 is 22.4 Å². The highest BCUT2D eigenvalue weighted by molar-refractivity contribution is 6.05. The van der Waals surface area contributed by atoms with E-state index < -0.39 is 28.9 Å². The lowest BCUT2D eigenvalue weighted by Crippen LogP contribution is -2.14. The molecule has 1 aromatic rings. The van der Waals surface area contributed by atoms with Gasteiger partial charge in [-0.05, 0) is 19.1 Å². The standard InChI is InChI=1S/C11H8F4O/c1-2-4-9(16)7-5-3-6-8(12)10(7)11(13,14)15/h2-6H,1H3. The van der Waals surface area contributed by atoms with Gasteiger partial charge in [0.05, 0.1) is 0 Å². The first kappa shape index (κ1) is 12.4. The van der Waals surface area contributed by atoms with Crippen LogP contribution in [0.4, 0.5) is 17.6 Å². The van der Waals surface area contributed by atoms with Crippen molar-refractivity contribution >= 4 is 5.78 Å². The Hall–Kier alpha value is -1.65. The first-order chi connectivity index (χ1) is 7.38. The number of benzene rings is 1. The van der Waals surface area contributed by atoms with Crippen molar-refractivity contribution in [2.75, 3.05) is 0 Å². The molecule has 5 heteroatoms. The third kappa shape index (κ3) is 2.48. The number of allylic oxidation sites excluding steroid dienone is 2. The van der Waals surface area contributed by atoms with Gasteiger partial charge < -0.3 is 0 Å². The molecule has 0 aliphatic heterocycles. The van der Waals surface area contributed by atoms with Crippen LogP contribution in [-0.4, -0.2) is 5.78 Å². The van der Waals surface area contributed by atoms with E-state index in [4.69, 9.17) is 0 Å². The lowest BCUT2D eigenvalue weighted by Gasteiger charge is -2.11. The van der Waals surface area contributed by atoms with E-state index in [9.17, 15) is 22.4 Å². The summed E-state index contributed by atoms with van der Waals surface area (Å²) in [6, 6.07) is 2.70. The third-order valence-electron chi connectivity index (χ3n) is 1.88.